The topological polar surface area (TPSA) is 116 Å². The summed E-state index contributed by atoms with van der Waals surface area (Å²) >= 11 is 5.64. The van der Waals surface area contributed by atoms with Crippen LogP contribution in [0.4, 0.5) is 29.3 Å². The number of nitrogens with one attached hydrogen (secondary N) is 4. The number of urea groups is 1. The normalized spacial score (nSPS) is 11.7. The van der Waals surface area contributed by atoms with Gasteiger partial charge in [-0.2, -0.15) is 13.2 Å². The molecule has 188 valence electrons. The van der Waals surface area contributed by atoms with E-state index in [0.29, 0.717) is 35.2 Å². The number of nitrogens with zero attached hydrogens (tertiary/aromatic N) is 2. The van der Waals surface area contributed by atoms with Crippen LogP contribution in [0.25, 0.3) is 22.1 Å². The zero-order valence-electron chi connectivity index (χ0n) is 18.9. The number of halogens is 4. The van der Waals surface area contributed by atoms with Crippen LogP contribution in [0, 0.1) is 0 Å². The van der Waals surface area contributed by atoms with E-state index >= 15 is 0 Å². The first-order chi connectivity index (χ1) is 17.7. The van der Waals surface area contributed by atoms with Gasteiger partial charge in [0.2, 0.25) is 0 Å². The molecule has 8 nitrogen and oxygen atoms in total. The predicted octanol–water partition coefficient (Wildman–Crippen LogP) is 5.90. The minimum atomic E-state index is -4.65. The Morgan fingerprint density at radius 1 is 0.946 bits per heavy atom. The third-order valence-corrected chi connectivity index (χ3v) is 6.14. The Morgan fingerprint density at radius 2 is 1.76 bits per heavy atom. The molecule has 3 aromatic heterocycles. The van der Waals surface area contributed by atoms with E-state index in [1.807, 2.05) is 18.2 Å². The summed E-state index contributed by atoms with van der Waals surface area (Å²) in [7, 11) is 0. The molecule has 5 rings (SSSR count). The Morgan fingerprint density at radius 3 is 2.57 bits per heavy atom. The molecule has 37 heavy (non-hydrogen) atoms. The molecule has 3 heterocycles. The van der Waals surface area contributed by atoms with Gasteiger partial charge >= 0.3 is 17.9 Å². The van der Waals surface area contributed by atoms with Gasteiger partial charge in [0.15, 0.2) is 5.65 Å². The van der Waals surface area contributed by atoms with Crippen LogP contribution < -0.4 is 16.3 Å². The number of pyridine rings is 2. The highest BCUT2D eigenvalue weighted by atomic mass is 35.5. The number of aromatic amines is 2. The second-order valence-electron chi connectivity index (χ2n) is 8.22. The highest BCUT2D eigenvalue weighted by Gasteiger charge is 2.33. The fourth-order valence-electron chi connectivity index (χ4n) is 4.12. The van der Waals surface area contributed by atoms with Crippen LogP contribution in [-0.2, 0) is 19.0 Å². The Labute approximate surface area is 211 Å². The first-order valence-electron chi connectivity index (χ1n) is 11.1. The van der Waals surface area contributed by atoms with Gasteiger partial charge in [0.25, 0.3) is 0 Å². The molecule has 12 heteroatoms. The van der Waals surface area contributed by atoms with Gasteiger partial charge in [-0.25, -0.2) is 14.6 Å². The maximum Gasteiger partial charge on any atom is 0.417 e. The molecule has 0 unspecified atom stereocenters. The third-order valence-electron chi connectivity index (χ3n) is 5.81. The van der Waals surface area contributed by atoms with Crippen molar-refractivity contribution in [2.75, 3.05) is 10.6 Å². The summed E-state index contributed by atoms with van der Waals surface area (Å²) in [6.45, 7) is 0. The van der Waals surface area contributed by atoms with Crippen LogP contribution >= 0.6 is 11.6 Å². The fourth-order valence-corrected chi connectivity index (χ4v) is 4.35. The fraction of sp³-hybridized carbons (Fsp3) is 0.120. The molecule has 0 atom stereocenters. The van der Waals surface area contributed by atoms with Gasteiger partial charge in [-0.3, -0.25) is 9.97 Å². The van der Waals surface area contributed by atoms with Gasteiger partial charge in [-0.15, -0.1) is 0 Å². The molecule has 0 spiro atoms. The number of fused-ring (bicyclic) bond motifs is 2. The van der Waals surface area contributed by atoms with E-state index in [1.165, 1.54) is 6.07 Å². The summed E-state index contributed by atoms with van der Waals surface area (Å²) in [5.41, 5.74) is 2.51. The number of carbonyl (C=O) groups excluding carboxylic acids is 1. The molecule has 0 aliphatic heterocycles. The van der Waals surface area contributed by atoms with Crippen LogP contribution in [0.15, 0.2) is 65.7 Å². The molecule has 0 aliphatic rings. The largest absolute Gasteiger partial charge is 0.417 e. The number of hydrogen-bond acceptors (Lipinski definition) is 4. The number of hydrogen-bond donors (Lipinski definition) is 4. The summed E-state index contributed by atoms with van der Waals surface area (Å²) in [6.07, 6.45) is -0.208. The monoisotopic (exact) mass is 526 g/mol. The number of benzene rings is 2. The van der Waals surface area contributed by atoms with Crippen molar-refractivity contribution < 1.29 is 18.0 Å². The Kier molecular flexibility index (Phi) is 6.30. The number of rotatable bonds is 5. The smallest absolute Gasteiger partial charge is 0.308 e. The lowest BCUT2D eigenvalue weighted by Crippen LogP contribution is -2.20. The maximum absolute atomic E-state index is 13.1. The van der Waals surface area contributed by atoms with Crippen molar-refractivity contribution in [1.29, 1.82) is 0 Å². The van der Waals surface area contributed by atoms with Crippen molar-refractivity contribution in [3.05, 3.63) is 93.1 Å². The number of aryl methyl sites for hydroxylation is 2. The predicted molar refractivity (Wildman–Crippen MR) is 135 cm³/mol. The second-order valence-corrected chi connectivity index (χ2v) is 8.62. The average Bonchev–Trinajstić information content (AvgIpc) is 3.25. The summed E-state index contributed by atoms with van der Waals surface area (Å²) in [5.74, 6) is 0. The van der Waals surface area contributed by atoms with E-state index in [4.69, 9.17) is 11.6 Å². The van der Waals surface area contributed by atoms with Crippen LogP contribution in [0.1, 0.15) is 16.7 Å². The highest BCUT2D eigenvalue weighted by molar-refractivity contribution is 6.31. The van der Waals surface area contributed by atoms with Gasteiger partial charge in [0.1, 0.15) is 0 Å². The lowest BCUT2D eigenvalue weighted by Gasteiger charge is -2.14. The second kappa shape index (κ2) is 9.58. The molecular weight excluding hydrogens is 509 g/mol. The van der Waals surface area contributed by atoms with Crippen molar-refractivity contribution in [2.24, 2.45) is 0 Å². The van der Waals surface area contributed by atoms with E-state index in [2.05, 4.69) is 30.6 Å². The van der Waals surface area contributed by atoms with Crippen LogP contribution in [0.2, 0.25) is 5.02 Å². The zero-order chi connectivity index (χ0) is 26.2. The standard InChI is InChI=1S/C25H18ClF3N6O2/c26-18-7-6-15(12-17(18)25(27,28)29)32-23(36)33-19-8-5-13(16-2-1-10-30-21(16)19)3-4-14-9-11-31-22-20(14)34-24(37)35-22/h1-2,5-12H,3-4H2,(H2,32,33,36)(H2,31,34,35,37). The molecule has 0 saturated heterocycles. The van der Waals surface area contributed by atoms with E-state index < -0.39 is 22.8 Å². The van der Waals surface area contributed by atoms with Crippen molar-refractivity contribution in [3.8, 4) is 0 Å². The van der Waals surface area contributed by atoms with Crippen LogP contribution in [0.3, 0.4) is 0 Å². The summed E-state index contributed by atoms with van der Waals surface area (Å²) in [5, 5.41) is 5.40. The van der Waals surface area contributed by atoms with E-state index in [1.54, 1.807) is 24.5 Å². The van der Waals surface area contributed by atoms with Crippen LogP contribution in [0.5, 0.6) is 0 Å². The maximum atomic E-state index is 13.1. The molecule has 5 aromatic rings. The summed E-state index contributed by atoms with van der Waals surface area (Å²) in [4.78, 5) is 38.2. The number of imidazole rings is 1. The Hall–Kier alpha value is -4.38. The molecule has 0 saturated carbocycles. The van der Waals surface area contributed by atoms with E-state index in [-0.39, 0.29) is 11.4 Å². The number of H-pyrrole nitrogens is 2. The number of carbonyl (C=O) groups is 1. The molecule has 2 aromatic carbocycles. The molecule has 0 fully saturated rings. The van der Waals surface area contributed by atoms with Crippen LogP contribution in [-0.4, -0.2) is 26.0 Å². The van der Waals surface area contributed by atoms with Crippen molar-refractivity contribution in [1.82, 2.24) is 19.9 Å². The molecule has 4 N–H and O–H groups in total. The van der Waals surface area contributed by atoms with Gasteiger partial charge in [-0.1, -0.05) is 23.7 Å². The summed E-state index contributed by atoms with van der Waals surface area (Å²) < 4.78 is 39.4. The molecule has 0 bridgehead atoms. The van der Waals surface area contributed by atoms with Gasteiger partial charge < -0.3 is 15.6 Å². The molecule has 0 aliphatic carbocycles. The molecule has 0 radical (unpaired) electrons. The van der Waals surface area contributed by atoms with Gasteiger partial charge in [0.05, 0.1) is 27.3 Å². The average molecular weight is 527 g/mol. The Balaban J connectivity index is 1.36. The number of alkyl halides is 3. The number of amides is 2. The van der Waals surface area contributed by atoms with Gasteiger partial charge in [-0.05, 0) is 60.4 Å². The molecule has 2 amide bonds. The lowest BCUT2D eigenvalue weighted by atomic mass is 10.00. The van der Waals surface area contributed by atoms with Crippen molar-refractivity contribution in [3.63, 3.8) is 0 Å². The lowest BCUT2D eigenvalue weighted by molar-refractivity contribution is -0.137. The van der Waals surface area contributed by atoms with Gasteiger partial charge in [0, 0.05) is 23.5 Å². The first kappa shape index (κ1) is 24.3. The quantitative estimate of drug-likeness (QED) is 0.228. The molecular formula is C25H18ClF3N6O2. The number of anilines is 2. The SMILES string of the molecule is O=C(Nc1ccc(Cl)c(C(F)(F)F)c1)Nc1ccc(CCc2ccnc3[nH]c(=O)[nH]c23)c2cccnc12. The van der Waals surface area contributed by atoms with Crippen molar-refractivity contribution in [2.45, 2.75) is 19.0 Å². The minimum absolute atomic E-state index is 0.0606. The third kappa shape index (κ3) is 5.12. The zero-order valence-corrected chi connectivity index (χ0v) is 19.7. The minimum Gasteiger partial charge on any atom is -0.308 e. The first-order valence-corrected chi connectivity index (χ1v) is 11.4. The highest BCUT2D eigenvalue weighted by Crippen LogP contribution is 2.36. The van der Waals surface area contributed by atoms with E-state index in [0.717, 1.165) is 28.6 Å². The Bertz CT molecular complexity index is 1700. The van der Waals surface area contributed by atoms with Crippen molar-refractivity contribution >= 4 is 51.1 Å². The number of aromatic nitrogens is 4. The van der Waals surface area contributed by atoms with E-state index in [9.17, 15) is 22.8 Å². The summed E-state index contributed by atoms with van der Waals surface area (Å²) in [6, 6.07) is 11.4.